The second kappa shape index (κ2) is 26.4. The van der Waals surface area contributed by atoms with E-state index < -0.39 is 39.5 Å². The number of hydrogen-bond donors (Lipinski definition) is 3. The second-order valence-corrected chi connectivity index (χ2v) is 17.5. The van der Waals surface area contributed by atoms with Gasteiger partial charge in [-0.15, -0.1) is 0 Å². The fourth-order valence-electron chi connectivity index (χ4n) is 6.61. The first kappa shape index (κ1) is 46.6. The van der Waals surface area contributed by atoms with E-state index in [1.54, 1.807) is 12.1 Å². The molecule has 0 aromatic heterocycles. The number of rotatable bonds is 26. The molecule has 285 valence electrons. The summed E-state index contributed by atoms with van der Waals surface area (Å²) in [6.45, 7) is 8.20. The molecule has 0 aliphatic carbocycles. The van der Waals surface area contributed by atoms with E-state index in [2.05, 4.69) is 13.8 Å². The van der Waals surface area contributed by atoms with Crippen molar-refractivity contribution in [2.24, 2.45) is 0 Å². The van der Waals surface area contributed by atoms with Crippen LogP contribution >= 0.6 is 0 Å². The molecule has 2 aromatic rings. The van der Waals surface area contributed by atoms with Crippen LogP contribution < -0.4 is 5.73 Å². The Balaban J connectivity index is 0.00000401. The Morgan fingerprint density at radius 3 is 1.36 bits per heavy atom. The Morgan fingerprint density at radius 2 is 1.00 bits per heavy atom. The zero-order valence-electron chi connectivity index (χ0n) is 31.3. The van der Waals surface area contributed by atoms with Gasteiger partial charge in [0.2, 0.25) is 9.84 Å². The summed E-state index contributed by atoms with van der Waals surface area (Å²) in [6, 6.07) is 7.65. The number of benzene rings is 2. The summed E-state index contributed by atoms with van der Waals surface area (Å²) in [5.41, 5.74) is 7.84. The van der Waals surface area contributed by atoms with Gasteiger partial charge in [0.1, 0.15) is 0 Å². The summed E-state index contributed by atoms with van der Waals surface area (Å²) in [5.74, 6) is -0.271. The van der Waals surface area contributed by atoms with E-state index in [1.165, 1.54) is 95.2 Å². The Bertz CT molecular complexity index is 1440. The molecule has 0 bridgehead atoms. The van der Waals surface area contributed by atoms with Crippen molar-refractivity contribution in [2.75, 3.05) is 5.73 Å². The van der Waals surface area contributed by atoms with E-state index in [-0.39, 0.29) is 20.6 Å². The van der Waals surface area contributed by atoms with Gasteiger partial charge in [-0.25, -0.2) is 8.42 Å². The SMILES string of the molecule is CCCCCCCCCCCCc1c(S(=O)(=O)O)cc(C(C)C)c(S(=O)(=O)c2ccc(N)cc2)c1CCCCCCCCCCCC.[O]=[Ti][OH]. The Labute approximate surface area is 314 Å². The van der Waals surface area contributed by atoms with Crippen molar-refractivity contribution in [3.05, 3.63) is 47.0 Å². The van der Waals surface area contributed by atoms with E-state index in [1.807, 2.05) is 13.8 Å². The number of nitrogens with two attached hydrogens (primary N) is 1. The maximum atomic E-state index is 14.4. The molecule has 11 heteroatoms. The third-order valence-electron chi connectivity index (χ3n) is 9.40. The van der Waals surface area contributed by atoms with Crippen LogP contribution in [0, 0.1) is 0 Å². The molecule has 0 unspecified atom stereocenters. The molecule has 0 aliphatic heterocycles. The predicted molar refractivity (Wildman–Crippen MR) is 201 cm³/mol. The van der Waals surface area contributed by atoms with Gasteiger partial charge in [0, 0.05) is 5.69 Å². The summed E-state index contributed by atoms with van der Waals surface area (Å²) in [6.07, 6.45) is 23.8. The Morgan fingerprint density at radius 1 is 0.640 bits per heavy atom. The minimum atomic E-state index is -4.57. The van der Waals surface area contributed by atoms with Crippen LogP contribution in [0.3, 0.4) is 0 Å². The van der Waals surface area contributed by atoms with Crippen molar-refractivity contribution < 1.29 is 47.9 Å². The summed E-state index contributed by atoms with van der Waals surface area (Å²) >= 11 is -1.75. The molecule has 2 aromatic carbocycles. The number of hydrogen-bond acceptors (Lipinski definition) is 6. The molecule has 0 atom stereocenters. The van der Waals surface area contributed by atoms with Crippen molar-refractivity contribution in [1.82, 2.24) is 0 Å². The molecule has 0 saturated carbocycles. The van der Waals surface area contributed by atoms with E-state index in [4.69, 9.17) is 12.7 Å². The first-order valence-corrected chi connectivity index (χ1v) is 23.4. The van der Waals surface area contributed by atoms with Crippen molar-refractivity contribution in [3.8, 4) is 0 Å². The molecule has 4 N–H and O–H groups in total. The van der Waals surface area contributed by atoms with Gasteiger partial charge < -0.3 is 5.73 Å². The fraction of sp³-hybridized carbons (Fsp3) is 0.692. The molecule has 50 heavy (non-hydrogen) atoms. The summed E-state index contributed by atoms with van der Waals surface area (Å²) in [5, 5.41) is 0. The number of unbranched alkanes of at least 4 members (excludes halogenated alkanes) is 18. The van der Waals surface area contributed by atoms with Crippen molar-refractivity contribution in [2.45, 2.75) is 190 Å². The van der Waals surface area contributed by atoms with Crippen molar-refractivity contribution in [1.29, 1.82) is 0 Å². The minimum absolute atomic E-state index is 0.129. The van der Waals surface area contributed by atoms with Gasteiger partial charge >= 0.3 is 26.5 Å². The van der Waals surface area contributed by atoms with Gasteiger partial charge in [-0.2, -0.15) is 8.42 Å². The topological polar surface area (TPSA) is 152 Å². The molecular weight excluding hydrogens is 706 g/mol. The average Bonchev–Trinajstić information content (AvgIpc) is 3.06. The zero-order valence-corrected chi connectivity index (χ0v) is 34.5. The van der Waals surface area contributed by atoms with Crippen molar-refractivity contribution >= 4 is 25.6 Å². The summed E-state index contributed by atoms with van der Waals surface area (Å²) in [7, 11) is -8.56. The standard InChI is InChI=1S/C39H65NO5S2.H2O.O.Ti/c1-5-7-9-11-13-15-17-19-21-23-25-35-36(26-24-22-20-18-16-14-12-10-8-6-2)39(37(32(3)4)31-38(35)47(43,44)45)46(41,42)34-29-27-33(40)28-30-34;;;/h27-32H,5-26,40H2,1-4H3,(H,43,44,45);1H2;;/q;;;+1/p-1. The predicted octanol–water partition coefficient (Wildman–Crippen LogP) is 10.7. The van der Waals surface area contributed by atoms with Crippen LogP contribution in [0.15, 0.2) is 45.0 Å². The Kier molecular flexibility index (Phi) is 24.6. The van der Waals surface area contributed by atoms with E-state index >= 15 is 0 Å². The van der Waals surface area contributed by atoms with Gasteiger partial charge in [0.05, 0.1) is 14.7 Å². The number of nitrogen functional groups attached to an aromatic ring is 1. The molecular formula is C39H66NO7S2Ti. The second-order valence-electron chi connectivity index (χ2n) is 13.9. The molecule has 0 aliphatic rings. The third-order valence-corrected chi connectivity index (χ3v) is 12.2. The van der Waals surface area contributed by atoms with Crippen LogP contribution in [0.4, 0.5) is 5.69 Å². The molecule has 0 radical (unpaired) electrons. The van der Waals surface area contributed by atoms with Crippen LogP contribution in [0.2, 0.25) is 0 Å². The molecule has 0 fully saturated rings. The fourth-order valence-corrected chi connectivity index (χ4v) is 9.31. The van der Waals surface area contributed by atoms with Gasteiger partial charge in [-0.3, -0.25) is 4.55 Å². The molecule has 2 rings (SSSR count). The molecule has 0 amide bonds. The number of sulfone groups is 1. The van der Waals surface area contributed by atoms with Gasteiger partial charge in [-0.05, 0) is 78.6 Å². The van der Waals surface area contributed by atoms with Gasteiger partial charge in [-0.1, -0.05) is 143 Å². The maximum absolute atomic E-state index is 14.4. The first-order valence-electron chi connectivity index (χ1n) is 19.1. The van der Waals surface area contributed by atoms with E-state index in [0.29, 0.717) is 35.2 Å². The van der Waals surface area contributed by atoms with Crippen LogP contribution in [0.25, 0.3) is 0 Å². The normalized spacial score (nSPS) is 11.7. The van der Waals surface area contributed by atoms with Crippen LogP contribution in [-0.2, 0) is 55.6 Å². The van der Waals surface area contributed by atoms with Gasteiger partial charge in [0.25, 0.3) is 10.1 Å². The number of anilines is 1. The zero-order chi connectivity index (χ0) is 37.4. The van der Waals surface area contributed by atoms with Crippen molar-refractivity contribution in [3.63, 3.8) is 0 Å². The molecule has 8 nitrogen and oxygen atoms in total. The molecule has 0 saturated heterocycles. The monoisotopic (exact) mass is 772 g/mol. The van der Waals surface area contributed by atoms with E-state index in [0.717, 1.165) is 51.4 Å². The van der Waals surface area contributed by atoms with E-state index in [9.17, 15) is 21.4 Å². The summed E-state index contributed by atoms with van der Waals surface area (Å²) < 4.78 is 80.7. The van der Waals surface area contributed by atoms with Crippen LogP contribution in [0.5, 0.6) is 0 Å². The summed E-state index contributed by atoms with van der Waals surface area (Å²) in [4.78, 5) is 0.223. The Hall–Kier alpha value is -1.43. The van der Waals surface area contributed by atoms with Crippen LogP contribution in [-0.4, -0.2) is 25.1 Å². The molecule has 0 spiro atoms. The third kappa shape index (κ3) is 17.4. The average molecular weight is 773 g/mol. The molecule has 0 heterocycles. The van der Waals surface area contributed by atoms with Crippen LogP contribution in [0.1, 0.15) is 179 Å². The first-order chi connectivity index (χ1) is 23.9. The quantitative estimate of drug-likeness (QED) is 0.0370. The van der Waals surface area contributed by atoms with Gasteiger partial charge in [0.15, 0.2) is 0 Å².